The molecule has 0 aromatic carbocycles. The van der Waals surface area contributed by atoms with Gasteiger partial charge in [-0.2, -0.15) is 0 Å². The second-order valence-corrected chi connectivity index (χ2v) is 7.73. The molecule has 2 amide bonds. The van der Waals surface area contributed by atoms with Gasteiger partial charge in [0.15, 0.2) is 0 Å². The third-order valence-corrected chi connectivity index (χ3v) is 4.73. The maximum Gasteiger partial charge on any atom is 0.408 e. The van der Waals surface area contributed by atoms with Gasteiger partial charge in [0.05, 0.1) is 5.37 Å². The van der Waals surface area contributed by atoms with Gasteiger partial charge in [-0.25, -0.2) is 9.59 Å². The Balaban J connectivity index is 2.10. The molecule has 118 valence electrons. The average Bonchev–Trinajstić information content (AvgIpc) is 2.76. The van der Waals surface area contributed by atoms with Crippen molar-refractivity contribution in [1.29, 1.82) is 0 Å². The Bertz CT molecular complexity index is 489. The lowest BCUT2D eigenvalue weighted by Crippen LogP contribution is -2.55. The molecule has 2 heterocycles. The molecule has 3 atom stereocenters. The zero-order valence-corrected chi connectivity index (χ0v) is 13.3. The Labute approximate surface area is 127 Å². The molecule has 2 saturated heterocycles. The van der Waals surface area contributed by atoms with E-state index in [4.69, 9.17) is 9.84 Å². The van der Waals surface area contributed by atoms with Gasteiger partial charge in [-0.1, -0.05) is 0 Å². The first-order valence-corrected chi connectivity index (χ1v) is 7.77. The highest BCUT2D eigenvalue weighted by molar-refractivity contribution is 8.00. The number of ether oxygens (including phenoxy) is 1. The van der Waals surface area contributed by atoms with Crippen molar-refractivity contribution in [2.45, 2.75) is 56.7 Å². The van der Waals surface area contributed by atoms with E-state index < -0.39 is 29.2 Å². The molecule has 2 aliphatic rings. The van der Waals surface area contributed by atoms with Crippen LogP contribution in [0.4, 0.5) is 4.79 Å². The molecule has 2 N–H and O–H groups in total. The molecule has 21 heavy (non-hydrogen) atoms. The number of nitrogens with one attached hydrogen (secondary N) is 1. The van der Waals surface area contributed by atoms with Crippen molar-refractivity contribution in [3.63, 3.8) is 0 Å². The zero-order valence-electron chi connectivity index (χ0n) is 12.5. The van der Waals surface area contributed by atoms with Gasteiger partial charge in [-0.15, -0.1) is 11.8 Å². The molecule has 0 bridgehead atoms. The van der Waals surface area contributed by atoms with Crippen molar-refractivity contribution in [1.82, 2.24) is 10.2 Å². The fourth-order valence-corrected chi connectivity index (χ4v) is 4.10. The number of fused-ring (bicyclic) bond motifs is 1. The molecule has 2 unspecified atom stereocenters. The van der Waals surface area contributed by atoms with E-state index in [1.165, 1.54) is 16.7 Å². The van der Waals surface area contributed by atoms with Crippen LogP contribution >= 0.6 is 11.8 Å². The van der Waals surface area contributed by atoms with Gasteiger partial charge < -0.3 is 20.1 Å². The van der Waals surface area contributed by atoms with E-state index >= 15 is 0 Å². The van der Waals surface area contributed by atoms with E-state index in [2.05, 4.69) is 5.32 Å². The maximum absolute atomic E-state index is 12.5. The monoisotopic (exact) mass is 316 g/mol. The van der Waals surface area contributed by atoms with Gasteiger partial charge in [-0.05, 0) is 27.7 Å². The van der Waals surface area contributed by atoms with Gasteiger partial charge in [-0.3, -0.25) is 4.79 Å². The Morgan fingerprint density at radius 1 is 1.48 bits per heavy atom. The topological polar surface area (TPSA) is 95.9 Å². The molecule has 0 aromatic rings. The molecule has 8 heteroatoms. The Kier molecular flexibility index (Phi) is 3.86. The lowest BCUT2D eigenvalue weighted by Gasteiger charge is -2.28. The maximum atomic E-state index is 12.5. The van der Waals surface area contributed by atoms with Crippen LogP contribution in [-0.2, 0) is 14.3 Å². The van der Waals surface area contributed by atoms with Crippen molar-refractivity contribution in [3.8, 4) is 0 Å². The quantitative estimate of drug-likeness (QED) is 0.790. The third-order valence-electron chi connectivity index (χ3n) is 3.44. The van der Waals surface area contributed by atoms with Crippen LogP contribution in [0.25, 0.3) is 0 Å². The van der Waals surface area contributed by atoms with Crippen molar-refractivity contribution in [2.75, 3.05) is 5.75 Å². The van der Waals surface area contributed by atoms with Crippen LogP contribution in [0.15, 0.2) is 0 Å². The van der Waals surface area contributed by atoms with Gasteiger partial charge in [0, 0.05) is 12.2 Å². The summed E-state index contributed by atoms with van der Waals surface area (Å²) in [6, 6.07) is -0.824. The lowest BCUT2D eigenvalue weighted by atomic mass is 10.0. The second kappa shape index (κ2) is 5.08. The van der Waals surface area contributed by atoms with Gasteiger partial charge in [0.25, 0.3) is 0 Å². The predicted molar refractivity (Wildman–Crippen MR) is 76.9 cm³/mol. The van der Waals surface area contributed by atoms with Gasteiger partial charge >= 0.3 is 12.1 Å². The highest BCUT2D eigenvalue weighted by Crippen LogP contribution is 2.42. The molecule has 0 radical (unpaired) electrons. The van der Waals surface area contributed by atoms with E-state index in [-0.39, 0.29) is 11.3 Å². The largest absolute Gasteiger partial charge is 0.480 e. The fourth-order valence-electron chi connectivity index (χ4n) is 2.54. The lowest BCUT2D eigenvalue weighted by molar-refractivity contribution is -0.148. The van der Waals surface area contributed by atoms with Crippen LogP contribution in [0.1, 0.15) is 34.1 Å². The minimum atomic E-state index is -1.12. The number of hydrogen-bond donors (Lipinski definition) is 2. The number of amides is 2. The standard InChI is InChI=1S/C13H20N2O5S/c1-12(2,3)20-11(19)14-13(4)5-8-15(10(13)18)7(6-21-8)9(16)17/h7-8H,5-6H2,1-4H3,(H,14,19)(H,16,17)/t7?,8?,13-/m1/s1. The number of thioether (sulfide) groups is 1. The number of carbonyl (C=O) groups excluding carboxylic acids is 2. The van der Waals surface area contributed by atoms with Crippen molar-refractivity contribution < 1.29 is 24.2 Å². The molecule has 2 rings (SSSR count). The van der Waals surface area contributed by atoms with Crippen LogP contribution in [0.5, 0.6) is 0 Å². The van der Waals surface area contributed by atoms with Crippen molar-refractivity contribution >= 4 is 29.7 Å². The molecule has 0 saturated carbocycles. The highest BCUT2D eigenvalue weighted by atomic mass is 32.2. The van der Waals surface area contributed by atoms with E-state index in [1.807, 2.05) is 0 Å². The number of alkyl carbamates (subject to hydrolysis) is 1. The smallest absolute Gasteiger partial charge is 0.408 e. The van der Waals surface area contributed by atoms with Crippen molar-refractivity contribution in [3.05, 3.63) is 0 Å². The average molecular weight is 316 g/mol. The fraction of sp³-hybridized carbons (Fsp3) is 0.769. The van der Waals surface area contributed by atoms with Crippen LogP contribution in [0.3, 0.4) is 0 Å². The number of rotatable bonds is 2. The zero-order chi connectivity index (χ0) is 16.0. The summed E-state index contributed by atoms with van der Waals surface area (Å²) >= 11 is 1.43. The van der Waals surface area contributed by atoms with Crippen molar-refractivity contribution in [2.24, 2.45) is 0 Å². The number of nitrogens with zero attached hydrogens (tertiary/aromatic N) is 1. The van der Waals surface area contributed by atoms with Crippen LogP contribution < -0.4 is 5.32 Å². The summed E-state index contributed by atoms with van der Waals surface area (Å²) in [4.78, 5) is 36.9. The van der Waals surface area contributed by atoms with Gasteiger partial charge in [0.1, 0.15) is 17.2 Å². The molecule has 0 spiro atoms. The van der Waals surface area contributed by atoms with Crippen LogP contribution in [-0.4, -0.2) is 56.3 Å². The summed E-state index contributed by atoms with van der Waals surface area (Å²) < 4.78 is 5.17. The summed E-state index contributed by atoms with van der Waals surface area (Å²) in [6.45, 7) is 6.82. The number of carboxylic acid groups (broad SMARTS) is 1. The van der Waals surface area contributed by atoms with E-state index in [0.29, 0.717) is 12.2 Å². The molecular weight excluding hydrogens is 296 g/mol. The van der Waals surface area contributed by atoms with E-state index in [1.54, 1.807) is 27.7 Å². The predicted octanol–water partition coefficient (Wildman–Crippen LogP) is 1.03. The summed E-state index contributed by atoms with van der Waals surface area (Å²) in [5, 5.41) is 11.5. The normalized spacial score (nSPS) is 32.0. The third kappa shape index (κ3) is 3.09. The SMILES string of the molecule is CC(C)(C)OC(=O)N[C@]1(C)CC2SCC(C(=O)O)N2C1=O. The second-order valence-electron chi connectivity index (χ2n) is 6.52. The summed E-state index contributed by atoms with van der Waals surface area (Å²) in [5.74, 6) is -0.996. The molecule has 7 nitrogen and oxygen atoms in total. The van der Waals surface area contributed by atoms with Gasteiger partial charge in [0.2, 0.25) is 5.91 Å². The first-order chi connectivity index (χ1) is 9.53. The number of carbonyl (C=O) groups is 3. The summed E-state index contributed by atoms with van der Waals surface area (Å²) in [5.41, 5.74) is -1.77. The molecule has 0 aliphatic carbocycles. The summed E-state index contributed by atoms with van der Waals surface area (Å²) in [6.07, 6.45) is -0.295. The first kappa shape index (κ1) is 15.9. The number of hydrogen-bond acceptors (Lipinski definition) is 5. The van der Waals surface area contributed by atoms with Crippen LogP contribution in [0, 0.1) is 0 Å². The first-order valence-electron chi connectivity index (χ1n) is 6.72. The van der Waals surface area contributed by atoms with E-state index in [0.717, 1.165) is 0 Å². The molecular formula is C13H20N2O5S. The molecule has 2 fully saturated rings. The number of aliphatic carboxylic acids is 1. The Morgan fingerprint density at radius 3 is 2.62 bits per heavy atom. The van der Waals surface area contributed by atoms with E-state index in [9.17, 15) is 14.4 Å². The summed E-state index contributed by atoms with van der Waals surface area (Å²) in [7, 11) is 0. The molecule has 2 aliphatic heterocycles. The minimum absolute atomic E-state index is 0.210. The van der Waals surface area contributed by atoms with Crippen LogP contribution in [0.2, 0.25) is 0 Å². The minimum Gasteiger partial charge on any atom is -0.480 e. The Morgan fingerprint density at radius 2 is 2.10 bits per heavy atom. The number of carboxylic acids is 1. The molecule has 0 aromatic heterocycles. The highest BCUT2D eigenvalue weighted by Gasteiger charge is 2.56. The Hall–Kier alpha value is -1.44.